The zero-order valence-electron chi connectivity index (χ0n) is 18.5. The largest absolute Gasteiger partial charge is 0.457 e. The maximum absolute atomic E-state index is 12.9. The third-order valence-electron chi connectivity index (χ3n) is 5.43. The molecule has 0 saturated carbocycles. The molecule has 0 fully saturated rings. The van der Waals surface area contributed by atoms with Crippen molar-refractivity contribution in [3.63, 3.8) is 0 Å². The van der Waals surface area contributed by atoms with Gasteiger partial charge < -0.3 is 10.1 Å². The summed E-state index contributed by atoms with van der Waals surface area (Å²) in [7, 11) is 0. The molecule has 4 rings (SSSR count). The molecule has 0 aliphatic carbocycles. The first kappa shape index (κ1) is 22.7. The van der Waals surface area contributed by atoms with Gasteiger partial charge in [-0.15, -0.1) is 0 Å². The van der Waals surface area contributed by atoms with E-state index < -0.39 is 4.92 Å². The molecular formula is C28H24N2O4. The number of nitrogens with one attached hydrogen (secondary N) is 1. The number of rotatable bonds is 9. The quantitative estimate of drug-likeness (QED) is 0.225. The minimum atomic E-state index is -0.479. The summed E-state index contributed by atoms with van der Waals surface area (Å²) in [5, 5.41) is 13.8. The van der Waals surface area contributed by atoms with Crippen LogP contribution in [0.4, 0.5) is 11.4 Å². The van der Waals surface area contributed by atoms with E-state index in [1.165, 1.54) is 12.1 Å². The molecule has 6 heteroatoms. The van der Waals surface area contributed by atoms with Crippen molar-refractivity contribution in [2.75, 3.05) is 5.32 Å². The number of carbonyl (C=O) groups is 1. The molecule has 0 heterocycles. The molecule has 1 N–H and O–H groups in total. The van der Waals surface area contributed by atoms with Gasteiger partial charge in [0.15, 0.2) is 0 Å². The highest BCUT2D eigenvalue weighted by Gasteiger charge is 2.18. The maximum Gasteiger partial charge on any atom is 0.271 e. The Morgan fingerprint density at radius 2 is 1.47 bits per heavy atom. The van der Waals surface area contributed by atoms with Crippen LogP contribution in [0.5, 0.6) is 11.5 Å². The summed E-state index contributed by atoms with van der Waals surface area (Å²) in [4.78, 5) is 23.4. The fourth-order valence-corrected chi connectivity index (χ4v) is 3.77. The summed E-state index contributed by atoms with van der Waals surface area (Å²) in [6, 6.07) is 33.3. The van der Waals surface area contributed by atoms with E-state index in [-0.39, 0.29) is 23.9 Å². The fraction of sp³-hybridized carbons (Fsp3) is 0.107. The topological polar surface area (TPSA) is 81.5 Å². The van der Waals surface area contributed by atoms with Crippen molar-refractivity contribution in [2.45, 2.75) is 18.8 Å². The summed E-state index contributed by atoms with van der Waals surface area (Å²) in [6.07, 6.45) is 0.915. The van der Waals surface area contributed by atoms with Crippen molar-refractivity contribution in [3.05, 3.63) is 130 Å². The predicted octanol–water partition coefficient (Wildman–Crippen LogP) is 6.74. The highest BCUT2D eigenvalue weighted by atomic mass is 16.6. The molecule has 1 atom stereocenters. The van der Waals surface area contributed by atoms with Gasteiger partial charge in [0.2, 0.25) is 5.91 Å². The minimum absolute atomic E-state index is 0.0624. The Kier molecular flexibility index (Phi) is 7.30. The molecule has 0 aliphatic rings. The van der Waals surface area contributed by atoms with Gasteiger partial charge in [-0.25, -0.2) is 0 Å². The van der Waals surface area contributed by atoms with Gasteiger partial charge in [-0.05, 0) is 53.8 Å². The first-order valence-corrected chi connectivity index (χ1v) is 11.0. The zero-order valence-corrected chi connectivity index (χ0v) is 18.5. The highest BCUT2D eigenvalue weighted by Crippen LogP contribution is 2.29. The van der Waals surface area contributed by atoms with E-state index in [9.17, 15) is 14.9 Å². The van der Waals surface area contributed by atoms with Gasteiger partial charge in [0.1, 0.15) is 11.5 Å². The molecule has 4 aromatic rings. The second-order valence-electron chi connectivity index (χ2n) is 7.93. The molecule has 34 heavy (non-hydrogen) atoms. The van der Waals surface area contributed by atoms with Crippen LogP contribution in [-0.4, -0.2) is 10.8 Å². The van der Waals surface area contributed by atoms with E-state index in [1.54, 1.807) is 12.1 Å². The Bertz CT molecular complexity index is 1240. The molecule has 170 valence electrons. The molecule has 4 aromatic carbocycles. The average Bonchev–Trinajstić information content (AvgIpc) is 2.85. The van der Waals surface area contributed by atoms with Crippen molar-refractivity contribution in [2.24, 2.45) is 0 Å². The number of nitro benzene ring substituents is 1. The van der Waals surface area contributed by atoms with Gasteiger partial charge >= 0.3 is 0 Å². The fourth-order valence-electron chi connectivity index (χ4n) is 3.77. The van der Waals surface area contributed by atoms with E-state index in [2.05, 4.69) is 5.32 Å². The highest BCUT2D eigenvalue weighted by molar-refractivity contribution is 5.91. The molecule has 0 bridgehead atoms. The predicted molar refractivity (Wildman–Crippen MR) is 132 cm³/mol. The van der Waals surface area contributed by atoms with E-state index in [4.69, 9.17) is 4.74 Å². The lowest BCUT2D eigenvalue weighted by molar-refractivity contribution is -0.384. The monoisotopic (exact) mass is 452 g/mol. The third kappa shape index (κ3) is 6.29. The Labute approximate surface area is 198 Å². The van der Waals surface area contributed by atoms with E-state index in [0.717, 1.165) is 22.6 Å². The van der Waals surface area contributed by atoms with Gasteiger partial charge in [-0.2, -0.15) is 0 Å². The van der Waals surface area contributed by atoms with Crippen LogP contribution < -0.4 is 10.1 Å². The van der Waals surface area contributed by atoms with Crippen molar-refractivity contribution in [3.8, 4) is 11.5 Å². The summed E-state index contributed by atoms with van der Waals surface area (Å²) >= 11 is 0. The number of benzene rings is 4. The van der Waals surface area contributed by atoms with Crippen LogP contribution in [0.3, 0.4) is 0 Å². The average molecular weight is 453 g/mol. The number of para-hydroxylation sites is 1. The van der Waals surface area contributed by atoms with Gasteiger partial charge in [0.05, 0.1) is 4.92 Å². The third-order valence-corrected chi connectivity index (χ3v) is 5.43. The number of hydrogen-bond acceptors (Lipinski definition) is 4. The van der Waals surface area contributed by atoms with Crippen LogP contribution in [-0.2, 0) is 11.2 Å². The summed E-state index contributed by atoms with van der Waals surface area (Å²) < 4.78 is 5.89. The number of anilines is 1. The SMILES string of the molecule is O=C(CC(Cc1ccccc1)c1ccc(Oc2ccccc2)cc1)Nc1cccc([N+](=O)[O-])c1. The van der Waals surface area contributed by atoms with E-state index in [1.807, 2.05) is 84.9 Å². The van der Waals surface area contributed by atoms with Crippen LogP contribution >= 0.6 is 0 Å². The zero-order chi connectivity index (χ0) is 23.8. The minimum Gasteiger partial charge on any atom is -0.457 e. The summed E-state index contributed by atoms with van der Waals surface area (Å²) in [5.74, 6) is 1.19. The molecule has 6 nitrogen and oxygen atoms in total. The number of ether oxygens (including phenoxy) is 1. The second-order valence-corrected chi connectivity index (χ2v) is 7.93. The lowest BCUT2D eigenvalue weighted by atomic mass is 9.89. The van der Waals surface area contributed by atoms with Crippen LogP contribution in [0.15, 0.2) is 109 Å². The summed E-state index contributed by atoms with van der Waals surface area (Å²) in [6.45, 7) is 0. The Morgan fingerprint density at radius 1 is 0.824 bits per heavy atom. The maximum atomic E-state index is 12.9. The van der Waals surface area contributed by atoms with Crippen LogP contribution in [0.1, 0.15) is 23.5 Å². The Morgan fingerprint density at radius 3 is 2.15 bits per heavy atom. The first-order chi connectivity index (χ1) is 16.6. The Hall–Kier alpha value is -4.45. The van der Waals surface area contributed by atoms with Crippen molar-refractivity contribution in [1.82, 2.24) is 0 Å². The van der Waals surface area contributed by atoms with Crippen LogP contribution in [0.2, 0.25) is 0 Å². The van der Waals surface area contributed by atoms with Gasteiger partial charge in [-0.1, -0.05) is 66.7 Å². The lowest BCUT2D eigenvalue weighted by Gasteiger charge is -2.18. The number of carbonyl (C=O) groups excluding carboxylic acids is 1. The second kappa shape index (κ2) is 10.9. The van der Waals surface area contributed by atoms with Crippen LogP contribution in [0, 0.1) is 10.1 Å². The summed E-state index contributed by atoms with van der Waals surface area (Å²) in [5.41, 5.74) is 2.48. The van der Waals surface area contributed by atoms with Gasteiger partial charge in [-0.3, -0.25) is 14.9 Å². The molecule has 0 radical (unpaired) electrons. The molecule has 0 aromatic heterocycles. The van der Waals surface area contributed by atoms with Gasteiger partial charge in [0, 0.05) is 24.2 Å². The first-order valence-electron chi connectivity index (χ1n) is 11.0. The molecule has 0 saturated heterocycles. The molecular weight excluding hydrogens is 428 g/mol. The molecule has 0 aliphatic heterocycles. The number of nitrogens with zero attached hydrogens (tertiary/aromatic N) is 1. The molecule has 0 spiro atoms. The number of hydrogen-bond donors (Lipinski definition) is 1. The number of non-ortho nitro benzene ring substituents is 1. The smallest absolute Gasteiger partial charge is 0.271 e. The van der Waals surface area contributed by atoms with Crippen molar-refractivity contribution >= 4 is 17.3 Å². The van der Waals surface area contributed by atoms with Crippen molar-refractivity contribution < 1.29 is 14.5 Å². The van der Waals surface area contributed by atoms with Crippen LogP contribution in [0.25, 0.3) is 0 Å². The normalized spacial score (nSPS) is 11.4. The number of nitro groups is 1. The van der Waals surface area contributed by atoms with E-state index in [0.29, 0.717) is 12.1 Å². The van der Waals surface area contributed by atoms with E-state index >= 15 is 0 Å². The lowest BCUT2D eigenvalue weighted by Crippen LogP contribution is -2.17. The standard InChI is InChI=1S/C28H24N2O4/c31-28(29-24-10-7-11-25(20-24)30(32)33)19-23(18-21-8-3-1-4-9-21)22-14-16-27(17-15-22)34-26-12-5-2-6-13-26/h1-17,20,23H,18-19H2,(H,29,31). The number of amides is 1. The van der Waals surface area contributed by atoms with Crippen molar-refractivity contribution in [1.29, 1.82) is 0 Å². The Balaban J connectivity index is 1.50. The van der Waals surface area contributed by atoms with Gasteiger partial charge in [0.25, 0.3) is 5.69 Å². The molecule has 1 unspecified atom stereocenters. The molecule has 1 amide bonds.